The number of piperazine rings is 1. The van der Waals surface area contributed by atoms with E-state index in [2.05, 4.69) is 10.2 Å². The Bertz CT molecular complexity index is 839. The van der Waals surface area contributed by atoms with E-state index < -0.39 is 0 Å². The first-order chi connectivity index (χ1) is 12.6. The average Bonchev–Trinajstić information content (AvgIpc) is 3.45. The van der Waals surface area contributed by atoms with Gasteiger partial charge in [-0.3, -0.25) is 14.5 Å². The number of fused-ring (bicyclic) bond motifs is 1. The fourth-order valence-electron chi connectivity index (χ4n) is 3.38. The number of benzene rings is 2. The molecule has 1 saturated heterocycles. The second-order valence-electron chi connectivity index (χ2n) is 7.13. The molecule has 0 bridgehead atoms. The van der Waals surface area contributed by atoms with Crippen LogP contribution in [0, 0.1) is 0 Å². The Morgan fingerprint density at radius 3 is 2.35 bits per heavy atom. The molecule has 1 aliphatic heterocycles. The maximum absolute atomic E-state index is 12.8. The highest BCUT2D eigenvalue weighted by molar-refractivity contribution is 6.01. The first-order valence-corrected chi connectivity index (χ1v) is 9.13. The lowest BCUT2D eigenvalue weighted by atomic mass is 10.0. The lowest BCUT2D eigenvalue weighted by Gasteiger charge is -2.34. The standard InChI is InChI=1S/C20H23N3O3/c24-18-12-15-4-2-1-3-14(15)11-17(18)20(26)23-9-7-22(8-10-23)13-19(25)21-16-5-6-16/h1-4,11-12,16,24H,5-10,13H2,(H,21,25). The van der Waals surface area contributed by atoms with Gasteiger partial charge in [0, 0.05) is 32.2 Å². The van der Waals surface area contributed by atoms with Gasteiger partial charge in [0.2, 0.25) is 5.91 Å². The van der Waals surface area contributed by atoms with Gasteiger partial charge in [-0.1, -0.05) is 24.3 Å². The fraction of sp³-hybridized carbons (Fsp3) is 0.400. The van der Waals surface area contributed by atoms with E-state index in [9.17, 15) is 14.7 Å². The summed E-state index contributed by atoms with van der Waals surface area (Å²) in [5.41, 5.74) is 0.337. The minimum atomic E-state index is -0.157. The van der Waals surface area contributed by atoms with Crippen LogP contribution in [0.25, 0.3) is 10.8 Å². The zero-order valence-corrected chi connectivity index (χ0v) is 14.6. The Labute approximate surface area is 152 Å². The van der Waals surface area contributed by atoms with E-state index in [0.717, 1.165) is 23.6 Å². The SMILES string of the molecule is O=C(CN1CCN(C(=O)c2cc3ccccc3cc2O)CC1)NC1CC1. The van der Waals surface area contributed by atoms with Crippen molar-refractivity contribution in [3.8, 4) is 5.75 Å². The molecule has 2 aromatic rings. The number of nitrogens with zero attached hydrogens (tertiary/aromatic N) is 2. The van der Waals surface area contributed by atoms with Crippen LogP contribution >= 0.6 is 0 Å². The van der Waals surface area contributed by atoms with Gasteiger partial charge in [0.1, 0.15) is 5.75 Å². The fourth-order valence-corrected chi connectivity index (χ4v) is 3.38. The van der Waals surface area contributed by atoms with Gasteiger partial charge in [-0.2, -0.15) is 0 Å². The van der Waals surface area contributed by atoms with Gasteiger partial charge in [-0.15, -0.1) is 0 Å². The minimum Gasteiger partial charge on any atom is -0.507 e. The van der Waals surface area contributed by atoms with Crippen LogP contribution in [0.15, 0.2) is 36.4 Å². The predicted molar refractivity (Wildman–Crippen MR) is 99.1 cm³/mol. The van der Waals surface area contributed by atoms with E-state index in [1.165, 1.54) is 0 Å². The van der Waals surface area contributed by atoms with Crippen LogP contribution in [-0.2, 0) is 4.79 Å². The molecule has 1 saturated carbocycles. The van der Waals surface area contributed by atoms with Crippen LogP contribution in [0.1, 0.15) is 23.2 Å². The molecule has 0 atom stereocenters. The van der Waals surface area contributed by atoms with Crippen molar-refractivity contribution in [2.75, 3.05) is 32.7 Å². The largest absolute Gasteiger partial charge is 0.507 e. The molecule has 6 nitrogen and oxygen atoms in total. The Morgan fingerprint density at radius 1 is 1.04 bits per heavy atom. The molecule has 2 fully saturated rings. The van der Waals surface area contributed by atoms with Crippen LogP contribution in [0.2, 0.25) is 0 Å². The summed E-state index contributed by atoms with van der Waals surface area (Å²) in [6, 6.07) is 11.4. The number of carbonyl (C=O) groups excluding carboxylic acids is 2. The molecule has 4 rings (SSSR count). The Balaban J connectivity index is 1.38. The van der Waals surface area contributed by atoms with Gasteiger partial charge in [0.25, 0.3) is 5.91 Å². The molecule has 26 heavy (non-hydrogen) atoms. The van der Waals surface area contributed by atoms with Crippen LogP contribution in [0.4, 0.5) is 0 Å². The second-order valence-corrected chi connectivity index (χ2v) is 7.13. The quantitative estimate of drug-likeness (QED) is 0.875. The molecule has 2 aromatic carbocycles. The molecule has 0 aromatic heterocycles. The van der Waals surface area contributed by atoms with Crippen molar-refractivity contribution in [3.05, 3.63) is 42.0 Å². The molecule has 2 N–H and O–H groups in total. The smallest absolute Gasteiger partial charge is 0.257 e. The van der Waals surface area contributed by atoms with E-state index in [0.29, 0.717) is 44.3 Å². The predicted octanol–water partition coefficient (Wildman–Crippen LogP) is 1.58. The number of nitrogens with one attached hydrogen (secondary N) is 1. The van der Waals surface area contributed by atoms with Crippen molar-refractivity contribution >= 4 is 22.6 Å². The Hall–Kier alpha value is -2.60. The molecule has 136 valence electrons. The van der Waals surface area contributed by atoms with Crippen molar-refractivity contribution in [2.45, 2.75) is 18.9 Å². The number of rotatable bonds is 4. The number of hydrogen-bond donors (Lipinski definition) is 2. The molecule has 1 heterocycles. The summed E-state index contributed by atoms with van der Waals surface area (Å²) in [5, 5.41) is 15.1. The molecular weight excluding hydrogens is 330 g/mol. The minimum absolute atomic E-state index is 0.0138. The lowest BCUT2D eigenvalue weighted by molar-refractivity contribution is -0.122. The summed E-state index contributed by atoms with van der Waals surface area (Å²) in [7, 11) is 0. The number of aromatic hydroxyl groups is 1. The van der Waals surface area contributed by atoms with Crippen molar-refractivity contribution in [3.63, 3.8) is 0 Å². The molecule has 0 unspecified atom stereocenters. The highest BCUT2D eigenvalue weighted by Gasteiger charge is 2.27. The highest BCUT2D eigenvalue weighted by atomic mass is 16.3. The molecule has 0 radical (unpaired) electrons. The number of hydrogen-bond acceptors (Lipinski definition) is 4. The summed E-state index contributed by atoms with van der Waals surface area (Å²) >= 11 is 0. The van der Waals surface area contributed by atoms with Crippen molar-refractivity contribution in [1.82, 2.24) is 15.1 Å². The molecule has 2 amide bonds. The monoisotopic (exact) mass is 353 g/mol. The zero-order chi connectivity index (χ0) is 18.1. The van der Waals surface area contributed by atoms with Gasteiger partial charge >= 0.3 is 0 Å². The molecule has 0 spiro atoms. The average molecular weight is 353 g/mol. The van der Waals surface area contributed by atoms with Crippen LogP contribution < -0.4 is 5.32 Å². The summed E-state index contributed by atoms with van der Waals surface area (Å²) in [5.74, 6) is -0.0743. The maximum Gasteiger partial charge on any atom is 0.257 e. The number of phenolic OH excluding ortho intramolecular Hbond substituents is 1. The van der Waals surface area contributed by atoms with Gasteiger partial charge in [0.05, 0.1) is 12.1 Å². The Morgan fingerprint density at radius 2 is 1.69 bits per heavy atom. The number of carbonyl (C=O) groups is 2. The van der Waals surface area contributed by atoms with Gasteiger partial charge in [-0.05, 0) is 35.7 Å². The zero-order valence-electron chi connectivity index (χ0n) is 14.6. The topological polar surface area (TPSA) is 72.9 Å². The summed E-state index contributed by atoms with van der Waals surface area (Å²) in [4.78, 5) is 28.5. The third kappa shape index (κ3) is 3.65. The third-order valence-electron chi connectivity index (χ3n) is 5.06. The summed E-state index contributed by atoms with van der Waals surface area (Å²) < 4.78 is 0. The summed E-state index contributed by atoms with van der Waals surface area (Å²) in [6.07, 6.45) is 2.17. The van der Waals surface area contributed by atoms with Gasteiger partial charge < -0.3 is 15.3 Å². The van der Waals surface area contributed by atoms with Crippen LogP contribution in [-0.4, -0.2) is 65.5 Å². The maximum atomic E-state index is 12.8. The Kier molecular flexibility index (Phi) is 4.51. The first kappa shape index (κ1) is 16.8. The van der Waals surface area contributed by atoms with Crippen LogP contribution in [0.3, 0.4) is 0 Å². The van der Waals surface area contributed by atoms with E-state index >= 15 is 0 Å². The molecule has 6 heteroatoms. The van der Waals surface area contributed by atoms with E-state index in [4.69, 9.17) is 0 Å². The number of phenols is 1. The molecule has 1 aliphatic carbocycles. The molecule has 2 aliphatic rings. The van der Waals surface area contributed by atoms with E-state index in [-0.39, 0.29) is 17.6 Å². The lowest BCUT2D eigenvalue weighted by Crippen LogP contribution is -2.51. The van der Waals surface area contributed by atoms with E-state index in [1.54, 1.807) is 17.0 Å². The first-order valence-electron chi connectivity index (χ1n) is 9.13. The van der Waals surface area contributed by atoms with Crippen molar-refractivity contribution in [2.24, 2.45) is 0 Å². The third-order valence-corrected chi connectivity index (χ3v) is 5.06. The number of amides is 2. The van der Waals surface area contributed by atoms with Crippen molar-refractivity contribution in [1.29, 1.82) is 0 Å². The normalized spacial score (nSPS) is 18.1. The van der Waals surface area contributed by atoms with Crippen molar-refractivity contribution < 1.29 is 14.7 Å². The molecular formula is C20H23N3O3. The van der Waals surface area contributed by atoms with E-state index in [1.807, 2.05) is 24.3 Å². The second kappa shape index (κ2) is 6.96. The highest BCUT2D eigenvalue weighted by Crippen LogP contribution is 2.26. The van der Waals surface area contributed by atoms with Gasteiger partial charge in [0.15, 0.2) is 0 Å². The van der Waals surface area contributed by atoms with Gasteiger partial charge in [-0.25, -0.2) is 0 Å². The van der Waals surface area contributed by atoms with Crippen LogP contribution in [0.5, 0.6) is 5.75 Å². The summed E-state index contributed by atoms with van der Waals surface area (Å²) in [6.45, 7) is 2.83.